The molecule has 27 heavy (non-hydrogen) atoms. The molecule has 0 aromatic heterocycles. The summed E-state index contributed by atoms with van der Waals surface area (Å²) >= 11 is 1.24. The van der Waals surface area contributed by atoms with E-state index in [2.05, 4.69) is 23.6 Å². The Balaban J connectivity index is 1.84. The molecule has 2 heterocycles. The number of benzene rings is 1. The summed E-state index contributed by atoms with van der Waals surface area (Å²) in [4.78, 5) is 14.1. The molecule has 0 bridgehead atoms. The fourth-order valence-electron chi connectivity index (χ4n) is 2.81. The van der Waals surface area contributed by atoms with Crippen LogP contribution < -0.4 is 5.32 Å². The third kappa shape index (κ3) is 4.37. The molecule has 8 heteroatoms. The monoisotopic (exact) mass is 395 g/mol. The van der Waals surface area contributed by atoms with Crippen molar-refractivity contribution < 1.29 is 18.0 Å². The minimum Gasteiger partial charge on any atom is -0.330 e. The molecule has 2 aliphatic heterocycles. The van der Waals surface area contributed by atoms with Gasteiger partial charge in [-0.15, -0.1) is 0 Å². The third-order valence-electron chi connectivity index (χ3n) is 4.60. The second-order valence-corrected chi connectivity index (χ2v) is 7.32. The molecule has 1 aromatic carbocycles. The smallest absolute Gasteiger partial charge is 0.330 e. The fourth-order valence-corrected chi connectivity index (χ4v) is 3.51. The van der Waals surface area contributed by atoms with Crippen LogP contribution in [-0.4, -0.2) is 35.1 Å². The number of nitrogens with zero attached hydrogens (tertiary/aromatic N) is 2. The molecule has 0 aliphatic carbocycles. The van der Waals surface area contributed by atoms with E-state index in [9.17, 15) is 18.0 Å². The summed E-state index contributed by atoms with van der Waals surface area (Å²) in [5.74, 6) is 0.620. The van der Waals surface area contributed by atoms with E-state index in [1.807, 2.05) is 12.1 Å². The molecule has 1 N–H and O–H groups in total. The minimum absolute atomic E-state index is 0.0805. The summed E-state index contributed by atoms with van der Waals surface area (Å²) in [5.41, 5.74) is 0.745. The number of anilines is 1. The van der Waals surface area contributed by atoms with Crippen LogP contribution in [0, 0.1) is 0 Å². The van der Waals surface area contributed by atoms with Gasteiger partial charge in [0, 0.05) is 24.2 Å². The van der Waals surface area contributed by atoms with Crippen LogP contribution in [0.4, 0.5) is 18.9 Å². The first-order valence-electron chi connectivity index (χ1n) is 8.68. The van der Waals surface area contributed by atoms with Crippen molar-refractivity contribution in [3.8, 4) is 0 Å². The number of nitrogens with one attached hydrogen (secondary N) is 1. The molecule has 4 nitrogen and oxygen atoms in total. The highest BCUT2D eigenvalue weighted by Crippen LogP contribution is 2.33. The Hall–Kier alpha value is -2.22. The molecule has 1 atom stereocenters. The van der Waals surface area contributed by atoms with E-state index in [1.54, 1.807) is 12.1 Å². The Morgan fingerprint density at radius 3 is 2.67 bits per heavy atom. The van der Waals surface area contributed by atoms with Gasteiger partial charge in [0.2, 0.25) is 0 Å². The fraction of sp³-hybridized carbons (Fsp3) is 0.368. The van der Waals surface area contributed by atoms with Crippen molar-refractivity contribution in [3.05, 3.63) is 53.3 Å². The van der Waals surface area contributed by atoms with Gasteiger partial charge in [0.15, 0.2) is 5.84 Å². The molecule has 144 valence electrons. The number of rotatable bonds is 4. The lowest BCUT2D eigenvalue weighted by Crippen LogP contribution is -2.39. The average Bonchev–Trinajstić information content (AvgIpc) is 2.66. The van der Waals surface area contributed by atoms with Gasteiger partial charge in [0.05, 0.1) is 11.1 Å². The van der Waals surface area contributed by atoms with Crippen LogP contribution in [0.2, 0.25) is 0 Å². The van der Waals surface area contributed by atoms with E-state index in [1.165, 1.54) is 16.8 Å². The van der Waals surface area contributed by atoms with E-state index in [0.29, 0.717) is 23.9 Å². The van der Waals surface area contributed by atoms with Crippen molar-refractivity contribution in [2.45, 2.75) is 32.4 Å². The topological polar surface area (TPSA) is 44.7 Å². The maximum atomic E-state index is 13.2. The number of carbonyl (C=O) groups excluding carboxylic acids is 1. The van der Waals surface area contributed by atoms with Crippen molar-refractivity contribution in [1.29, 1.82) is 0 Å². The highest BCUT2D eigenvalue weighted by Gasteiger charge is 2.38. The minimum atomic E-state index is -4.53. The first kappa shape index (κ1) is 19.5. The van der Waals surface area contributed by atoms with E-state index in [0.717, 1.165) is 24.3 Å². The normalized spacial score (nSPS) is 18.1. The molecule has 2 aliphatic rings. The van der Waals surface area contributed by atoms with Gasteiger partial charge in [-0.3, -0.25) is 4.79 Å². The van der Waals surface area contributed by atoms with Crippen LogP contribution in [0.15, 0.2) is 52.1 Å². The summed E-state index contributed by atoms with van der Waals surface area (Å²) in [6, 6.07) is 7.36. The van der Waals surface area contributed by atoms with Crippen LogP contribution in [0.5, 0.6) is 0 Å². The van der Waals surface area contributed by atoms with Gasteiger partial charge in [0.25, 0.3) is 5.91 Å². The standard InChI is InChI=1S/C19H20F3N3OS/c1-3-12(2)13-4-6-15(7-5-13)23-18(26)16-10-14(19(20,21)22)11-25-8-9-27-24-17(16)25/h4-7,10-12H,3,8-9H2,1-2H3,(H,23,26). The van der Waals surface area contributed by atoms with Gasteiger partial charge in [-0.1, -0.05) is 26.0 Å². The maximum absolute atomic E-state index is 13.2. The molecule has 0 saturated heterocycles. The average molecular weight is 395 g/mol. The second kappa shape index (κ2) is 7.80. The molecule has 1 amide bonds. The Morgan fingerprint density at radius 2 is 2.04 bits per heavy atom. The summed E-state index contributed by atoms with van der Waals surface area (Å²) in [7, 11) is 0. The van der Waals surface area contributed by atoms with Crippen LogP contribution in [-0.2, 0) is 4.79 Å². The SMILES string of the molecule is CCC(C)c1ccc(NC(=O)C2=CC(C(F)(F)F)=CN3CCSN=C23)cc1. The van der Waals surface area contributed by atoms with Crippen molar-refractivity contribution in [2.75, 3.05) is 17.6 Å². The van der Waals surface area contributed by atoms with Crippen molar-refractivity contribution >= 4 is 29.4 Å². The zero-order chi connectivity index (χ0) is 19.6. The lowest BCUT2D eigenvalue weighted by atomic mass is 9.98. The number of amidine groups is 1. The van der Waals surface area contributed by atoms with E-state index in [4.69, 9.17) is 0 Å². The summed E-state index contributed by atoms with van der Waals surface area (Å²) < 4.78 is 43.8. The van der Waals surface area contributed by atoms with Gasteiger partial charge >= 0.3 is 6.18 Å². The molecular weight excluding hydrogens is 375 g/mol. The Kier molecular flexibility index (Phi) is 5.64. The Labute approximate surface area is 160 Å². The number of allylic oxidation sites excluding steroid dienone is 2. The van der Waals surface area contributed by atoms with Gasteiger partial charge < -0.3 is 10.2 Å². The van der Waals surface area contributed by atoms with Crippen LogP contribution in [0.25, 0.3) is 0 Å². The highest BCUT2D eigenvalue weighted by molar-refractivity contribution is 7.98. The molecule has 1 unspecified atom stereocenters. The Morgan fingerprint density at radius 1 is 1.33 bits per heavy atom. The molecule has 0 spiro atoms. The van der Waals surface area contributed by atoms with Gasteiger partial charge in [0.1, 0.15) is 0 Å². The molecule has 1 aromatic rings. The molecule has 0 saturated carbocycles. The zero-order valence-electron chi connectivity index (χ0n) is 15.0. The predicted molar refractivity (Wildman–Crippen MR) is 103 cm³/mol. The highest BCUT2D eigenvalue weighted by atomic mass is 32.2. The lowest BCUT2D eigenvalue weighted by molar-refractivity contribution is -0.112. The van der Waals surface area contributed by atoms with Gasteiger partial charge in [-0.05, 0) is 48.1 Å². The first-order chi connectivity index (χ1) is 12.8. The van der Waals surface area contributed by atoms with Crippen LogP contribution in [0.3, 0.4) is 0 Å². The third-order valence-corrected chi connectivity index (χ3v) is 5.27. The van der Waals surface area contributed by atoms with Gasteiger partial charge in [-0.2, -0.15) is 17.6 Å². The summed E-state index contributed by atoms with van der Waals surface area (Å²) in [6.07, 6.45) is -1.65. The lowest BCUT2D eigenvalue weighted by Gasteiger charge is -2.30. The number of halogens is 3. The largest absolute Gasteiger partial charge is 0.417 e. The number of hydrogen-bond acceptors (Lipinski definition) is 4. The summed E-state index contributed by atoms with van der Waals surface area (Å²) in [6.45, 7) is 4.58. The van der Waals surface area contributed by atoms with E-state index >= 15 is 0 Å². The molecule has 0 radical (unpaired) electrons. The molecular formula is C19H20F3N3OS. The van der Waals surface area contributed by atoms with Crippen molar-refractivity contribution in [2.24, 2.45) is 4.40 Å². The first-order valence-corrected chi connectivity index (χ1v) is 9.63. The van der Waals surface area contributed by atoms with E-state index in [-0.39, 0.29) is 11.4 Å². The van der Waals surface area contributed by atoms with Crippen molar-refractivity contribution in [3.63, 3.8) is 0 Å². The number of fused-ring (bicyclic) bond motifs is 1. The van der Waals surface area contributed by atoms with Crippen molar-refractivity contribution in [1.82, 2.24) is 4.90 Å². The number of carbonyl (C=O) groups is 1. The van der Waals surface area contributed by atoms with Crippen LogP contribution >= 0.6 is 11.9 Å². The van der Waals surface area contributed by atoms with Crippen LogP contribution in [0.1, 0.15) is 31.7 Å². The predicted octanol–water partition coefficient (Wildman–Crippen LogP) is 4.89. The zero-order valence-corrected chi connectivity index (χ0v) is 15.8. The number of hydrogen-bond donors (Lipinski definition) is 1. The number of amides is 1. The summed E-state index contributed by atoms with van der Waals surface area (Å²) in [5, 5.41) is 2.68. The molecule has 3 rings (SSSR count). The van der Waals surface area contributed by atoms with Gasteiger partial charge in [-0.25, -0.2) is 0 Å². The Bertz CT molecular complexity index is 812. The second-order valence-electron chi connectivity index (χ2n) is 6.47. The number of alkyl halides is 3. The molecule has 0 fully saturated rings. The van der Waals surface area contributed by atoms with E-state index < -0.39 is 17.7 Å². The maximum Gasteiger partial charge on any atom is 0.417 e. The quantitative estimate of drug-likeness (QED) is 0.739.